The lowest BCUT2D eigenvalue weighted by Crippen LogP contribution is -2.12. The number of hydrogen-bond donors (Lipinski definition) is 1. The van der Waals surface area contributed by atoms with E-state index in [4.69, 9.17) is 0 Å². The summed E-state index contributed by atoms with van der Waals surface area (Å²) in [5, 5.41) is 12.9. The number of hydrogen-bond acceptors (Lipinski definition) is 4. The van der Waals surface area contributed by atoms with Gasteiger partial charge in [-0.15, -0.1) is 10.2 Å². The van der Waals surface area contributed by atoms with E-state index in [1.165, 1.54) is 44.9 Å². The van der Waals surface area contributed by atoms with Gasteiger partial charge in [-0.05, 0) is 25.2 Å². The standard InChI is InChI=1S/C14H21N3OS/c18-12(9-8-10-4-1-2-5-10)15-14-17-16-13(19-14)11-6-3-7-11/h10-11H,1-9H2,(H,15,17,18). The zero-order valence-electron chi connectivity index (χ0n) is 11.2. The maximum absolute atomic E-state index is 11.9. The molecule has 0 aromatic carbocycles. The molecule has 0 spiro atoms. The smallest absolute Gasteiger partial charge is 0.226 e. The summed E-state index contributed by atoms with van der Waals surface area (Å²) in [4.78, 5) is 11.9. The number of amides is 1. The number of carbonyl (C=O) groups excluding carboxylic acids is 1. The van der Waals surface area contributed by atoms with E-state index in [1.807, 2.05) is 0 Å². The minimum absolute atomic E-state index is 0.100. The van der Waals surface area contributed by atoms with E-state index in [-0.39, 0.29) is 5.91 Å². The monoisotopic (exact) mass is 279 g/mol. The van der Waals surface area contributed by atoms with Gasteiger partial charge in [-0.25, -0.2) is 0 Å². The molecule has 1 aromatic rings. The molecule has 5 heteroatoms. The average molecular weight is 279 g/mol. The van der Waals surface area contributed by atoms with E-state index in [9.17, 15) is 4.79 Å². The summed E-state index contributed by atoms with van der Waals surface area (Å²) >= 11 is 1.55. The minimum atomic E-state index is 0.100. The normalized spacial score (nSPS) is 20.4. The molecule has 0 aliphatic heterocycles. The van der Waals surface area contributed by atoms with Crippen LogP contribution in [0, 0.1) is 5.92 Å². The fraction of sp³-hybridized carbons (Fsp3) is 0.786. The molecule has 1 amide bonds. The fourth-order valence-corrected chi connectivity index (χ4v) is 3.85. The van der Waals surface area contributed by atoms with Gasteiger partial charge in [0, 0.05) is 12.3 Å². The van der Waals surface area contributed by atoms with Crippen molar-refractivity contribution >= 4 is 22.4 Å². The van der Waals surface area contributed by atoms with Crippen molar-refractivity contribution in [1.82, 2.24) is 10.2 Å². The summed E-state index contributed by atoms with van der Waals surface area (Å²) in [6.45, 7) is 0. The molecule has 0 bridgehead atoms. The van der Waals surface area contributed by atoms with Crippen LogP contribution < -0.4 is 5.32 Å². The van der Waals surface area contributed by atoms with Gasteiger partial charge in [0.05, 0.1) is 0 Å². The first-order valence-corrected chi connectivity index (χ1v) is 8.26. The topological polar surface area (TPSA) is 54.9 Å². The van der Waals surface area contributed by atoms with Crippen LogP contribution in [0.15, 0.2) is 0 Å². The van der Waals surface area contributed by atoms with Gasteiger partial charge in [-0.3, -0.25) is 4.79 Å². The molecule has 2 aliphatic carbocycles. The number of nitrogens with zero attached hydrogens (tertiary/aromatic N) is 2. The third-order valence-corrected chi connectivity index (χ3v) is 5.40. The highest BCUT2D eigenvalue weighted by molar-refractivity contribution is 7.15. The van der Waals surface area contributed by atoms with Crippen LogP contribution in [0.25, 0.3) is 0 Å². The van der Waals surface area contributed by atoms with Crippen molar-refractivity contribution in [1.29, 1.82) is 0 Å². The van der Waals surface area contributed by atoms with Crippen molar-refractivity contribution in [2.75, 3.05) is 5.32 Å². The van der Waals surface area contributed by atoms with Crippen molar-refractivity contribution in [3.05, 3.63) is 5.01 Å². The molecule has 3 rings (SSSR count). The van der Waals surface area contributed by atoms with Crippen LogP contribution >= 0.6 is 11.3 Å². The zero-order chi connectivity index (χ0) is 13.1. The summed E-state index contributed by atoms with van der Waals surface area (Å²) in [7, 11) is 0. The summed E-state index contributed by atoms with van der Waals surface area (Å²) in [5.74, 6) is 1.47. The quantitative estimate of drug-likeness (QED) is 0.893. The largest absolute Gasteiger partial charge is 0.301 e. The first-order chi connectivity index (χ1) is 9.31. The molecule has 104 valence electrons. The van der Waals surface area contributed by atoms with E-state index in [1.54, 1.807) is 11.3 Å². The molecule has 2 fully saturated rings. The van der Waals surface area contributed by atoms with Crippen LogP contribution in [-0.4, -0.2) is 16.1 Å². The maximum atomic E-state index is 11.9. The highest BCUT2D eigenvalue weighted by Crippen LogP contribution is 2.38. The SMILES string of the molecule is O=C(CCC1CCCC1)Nc1nnc(C2CCC2)s1. The second-order valence-corrected chi connectivity index (χ2v) is 6.82. The van der Waals surface area contributed by atoms with Crippen LogP contribution in [0.2, 0.25) is 0 Å². The zero-order valence-corrected chi connectivity index (χ0v) is 12.0. The first kappa shape index (κ1) is 13.0. The van der Waals surface area contributed by atoms with Crippen LogP contribution in [0.4, 0.5) is 5.13 Å². The molecule has 1 aromatic heterocycles. The number of anilines is 1. The molecule has 2 saturated carbocycles. The predicted octanol–water partition coefficient (Wildman–Crippen LogP) is 3.71. The molecule has 2 aliphatic rings. The van der Waals surface area contributed by atoms with E-state index in [0.717, 1.165) is 17.3 Å². The molecule has 19 heavy (non-hydrogen) atoms. The second kappa shape index (κ2) is 5.99. The lowest BCUT2D eigenvalue weighted by molar-refractivity contribution is -0.116. The number of aromatic nitrogens is 2. The Bertz CT molecular complexity index is 436. The van der Waals surface area contributed by atoms with Crippen LogP contribution in [-0.2, 0) is 4.79 Å². The van der Waals surface area contributed by atoms with E-state index in [0.29, 0.717) is 17.5 Å². The third kappa shape index (κ3) is 3.32. The Balaban J connectivity index is 1.44. The molecule has 0 saturated heterocycles. The van der Waals surface area contributed by atoms with Gasteiger partial charge in [-0.2, -0.15) is 0 Å². The van der Waals surface area contributed by atoms with Gasteiger partial charge >= 0.3 is 0 Å². The Hall–Kier alpha value is -0.970. The third-order valence-electron chi connectivity index (χ3n) is 4.40. The van der Waals surface area contributed by atoms with Crippen LogP contribution in [0.1, 0.15) is 68.7 Å². The fourth-order valence-electron chi connectivity index (χ4n) is 2.92. The molecule has 4 nitrogen and oxygen atoms in total. The highest BCUT2D eigenvalue weighted by atomic mass is 32.1. The van der Waals surface area contributed by atoms with Crippen molar-refractivity contribution in [2.45, 2.75) is 63.7 Å². The number of nitrogens with one attached hydrogen (secondary N) is 1. The van der Waals surface area contributed by atoms with Crippen LogP contribution in [0.5, 0.6) is 0 Å². The van der Waals surface area contributed by atoms with E-state index >= 15 is 0 Å². The average Bonchev–Trinajstić information content (AvgIpc) is 2.96. The predicted molar refractivity (Wildman–Crippen MR) is 76.3 cm³/mol. The van der Waals surface area contributed by atoms with Gasteiger partial charge in [0.15, 0.2) is 0 Å². The Morgan fingerprint density at radius 3 is 2.63 bits per heavy atom. The Labute approximate surface area is 118 Å². The van der Waals surface area contributed by atoms with Gasteiger partial charge in [0.2, 0.25) is 11.0 Å². The Morgan fingerprint density at radius 2 is 1.95 bits per heavy atom. The number of carbonyl (C=O) groups is 1. The van der Waals surface area contributed by atoms with Crippen LogP contribution in [0.3, 0.4) is 0 Å². The van der Waals surface area contributed by atoms with Gasteiger partial charge in [-0.1, -0.05) is 43.4 Å². The maximum Gasteiger partial charge on any atom is 0.226 e. The number of rotatable bonds is 5. The summed E-state index contributed by atoms with van der Waals surface area (Å²) in [5.41, 5.74) is 0. The minimum Gasteiger partial charge on any atom is -0.301 e. The van der Waals surface area contributed by atoms with Crippen molar-refractivity contribution in [2.24, 2.45) is 5.92 Å². The first-order valence-electron chi connectivity index (χ1n) is 7.44. The lowest BCUT2D eigenvalue weighted by atomic mass is 9.86. The van der Waals surface area contributed by atoms with Crippen molar-refractivity contribution in [3.63, 3.8) is 0 Å². The molecule has 0 radical (unpaired) electrons. The van der Waals surface area contributed by atoms with Crippen molar-refractivity contribution in [3.8, 4) is 0 Å². The summed E-state index contributed by atoms with van der Waals surface area (Å²) < 4.78 is 0. The summed E-state index contributed by atoms with van der Waals surface area (Å²) in [6.07, 6.45) is 10.7. The Morgan fingerprint density at radius 1 is 1.16 bits per heavy atom. The molecule has 1 heterocycles. The van der Waals surface area contributed by atoms with Gasteiger partial charge in [0.1, 0.15) is 5.01 Å². The molecule has 0 unspecified atom stereocenters. The van der Waals surface area contributed by atoms with E-state index in [2.05, 4.69) is 15.5 Å². The molecular formula is C14H21N3OS. The molecule has 1 N–H and O–H groups in total. The van der Waals surface area contributed by atoms with Gasteiger partial charge in [0.25, 0.3) is 0 Å². The lowest BCUT2D eigenvalue weighted by Gasteiger charge is -2.21. The molecular weight excluding hydrogens is 258 g/mol. The second-order valence-electron chi connectivity index (χ2n) is 5.81. The highest BCUT2D eigenvalue weighted by Gasteiger charge is 2.24. The van der Waals surface area contributed by atoms with E-state index < -0.39 is 0 Å². The summed E-state index contributed by atoms with van der Waals surface area (Å²) in [6, 6.07) is 0. The Kier molecular flexibility index (Phi) is 4.11. The van der Waals surface area contributed by atoms with Crippen molar-refractivity contribution < 1.29 is 4.79 Å². The van der Waals surface area contributed by atoms with Gasteiger partial charge < -0.3 is 5.32 Å². The molecule has 0 atom stereocenters.